The van der Waals surface area contributed by atoms with Gasteiger partial charge in [0.15, 0.2) is 5.69 Å². The number of hydrogen-bond donors (Lipinski definition) is 1. The molecule has 2 aromatic carbocycles. The molecule has 0 atom stereocenters. The maximum Gasteiger partial charge on any atom is 0.434 e. The summed E-state index contributed by atoms with van der Waals surface area (Å²) in [4.78, 5) is 23.9. The van der Waals surface area contributed by atoms with Gasteiger partial charge in [-0.2, -0.15) is 18.3 Å². The van der Waals surface area contributed by atoms with Gasteiger partial charge in [-0.25, -0.2) is 9.48 Å². The molecule has 10 heteroatoms. The number of anilines is 1. The van der Waals surface area contributed by atoms with Crippen LogP contribution in [0.25, 0.3) is 5.69 Å². The Hall–Kier alpha value is -3.33. The zero-order chi connectivity index (χ0) is 21.2. The summed E-state index contributed by atoms with van der Waals surface area (Å²) >= 11 is 5.85. The normalized spacial score (nSPS) is 11.2. The van der Waals surface area contributed by atoms with Gasteiger partial charge in [0.1, 0.15) is 0 Å². The van der Waals surface area contributed by atoms with Crippen LogP contribution in [0.1, 0.15) is 26.4 Å². The molecule has 0 bridgehead atoms. The Morgan fingerprint density at radius 3 is 2.41 bits per heavy atom. The van der Waals surface area contributed by atoms with Gasteiger partial charge in [-0.3, -0.25) is 4.79 Å². The van der Waals surface area contributed by atoms with Crippen molar-refractivity contribution in [3.63, 3.8) is 0 Å². The van der Waals surface area contributed by atoms with E-state index in [1.54, 1.807) is 0 Å². The van der Waals surface area contributed by atoms with Crippen LogP contribution in [0.5, 0.6) is 0 Å². The van der Waals surface area contributed by atoms with Crippen molar-refractivity contribution in [1.82, 2.24) is 9.78 Å². The summed E-state index contributed by atoms with van der Waals surface area (Å²) in [6, 6.07) is 11.2. The molecule has 3 aromatic rings. The van der Waals surface area contributed by atoms with Gasteiger partial charge < -0.3 is 10.1 Å². The SMILES string of the molecule is COC(=O)c1ccc(NC(=O)c2cnn(-c3cccc(Cl)c3)c2C(F)(F)F)cc1. The quantitative estimate of drug-likeness (QED) is 0.623. The molecule has 3 rings (SSSR count). The van der Waals surface area contributed by atoms with Gasteiger partial charge in [-0.05, 0) is 42.5 Å². The number of nitrogens with zero attached hydrogens (tertiary/aromatic N) is 2. The highest BCUT2D eigenvalue weighted by Gasteiger charge is 2.40. The number of methoxy groups -OCH3 is 1. The van der Waals surface area contributed by atoms with Crippen LogP contribution in [-0.4, -0.2) is 28.8 Å². The fraction of sp³-hybridized carbons (Fsp3) is 0.105. The number of amides is 1. The Morgan fingerprint density at radius 2 is 1.83 bits per heavy atom. The topological polar surface area (TPSA) is 73.2 Å². The number of aromatic nitrogens is 2. The van der Waals surface area contributed by atoms with Crippen LogP contribution in [-0.2, 0) is 10.9 Å². The van der Waals surface area contributed by atoms with Crippen molar-refractivity contribution < 1.29 is 27.5 Å². The third kappa shape index (κ3) is 4.40. The second-order valence-corrected chi connectivity index (χ2v) is 6.26. The lowest BCUT2D eigenvalue weighted by Crippen LogP contribution is -2.20. The lowest BCUT2D eigenvalue weighted by atomic mass is 10.2. The number of ether oxygens (including phenoxy) is 1. The molecular formula is C19H13ClF3N3O3. The minimum atomic E-state index is -4.85. The van der Waals surface area contributed by atoms with Gasteiger partial charge in [0.25, 0.3) is 5.91 Å². The summed E-state index contributed by atoms with van der Waals surface area (Å²) in [7, 11) is 1.22. The Morgan fingerprint density at radius 1 is 1.14 bits per heavy atom. The van der Waals surface area contributed by atoms with E-state index in [2.05, 4.69) is 15.2 Å². The smallest absolute Gasteiger partial charge is 0.434 e. The molecule has 1 N–H and O–H groups in total. The van der Waals surface area contributed by atoms with Gasteiger partial charge in [0.2, 0.25) is 0 Å². The Kier molecular flexibility index (Phi) is 5.60. The molecule has 1 aromatic heterocycles. The summed E-state index contributed by atoms with van der Waals surface area (Å²) in [5.74, 6) is -1.58. The minimum Gasteiger partial charge on any atom is -0.465 e. The molecule has 1 heterocycles. The van der Waals surface area contributed by atoms with E-state index in [0.717, 1.165) is 6.20 Å². The third-order valence-electron chi connectivity index (χ3n) is 3.90. The zero-order valence-electron chi connectivity index (χ0n) is 14.8. The summed E-state index contributed by atoms with van der Waals surface area (Å²) < 4.78 is 46.2. The molecule has 1 amide bonds. The maximum atomic E-state index is 13.7. The van der Waals surface area contributed by atoms with Gasteiger partial charge in [0, 0.05) is 10.7 Å². The van der Waals surface area contributed by atoms with Crippen LogP contribution in [0.15, 0.2) is 54.7 Å². The third-order valence-corrected chi connectivity index (χ3v) is 4.13. The molecule has 0 fully saturated rings. The molecule has 150 valence electrons. The zero-order valence-corrected chi connectivity index (χ0v) is 15.6. The fourth-order valence-electron chi connectivity index (χ4n) is 2.60. The monoisotopic (exact) mass is 423 g/mol. The Bertz CT molecular complexity index is 1060. The van der Waals surface area contributed by atoms with Gasteiger partial charge in [0.05, 0.1) is 30.1 Å². The van der Waals surface area contributed by atoms with E-state index in [9.17, 15) is 22.8 Å². The first-order valence-corrected chi connectivity index (χ1v) is 8.49. The second-order valence-electron chi connectivity index (χ2n) is 5.82. The average Bonchev–Trinajstić information content (AvgIpc) is 3.14. The molecule has 0 aliphatic carbocycles. The molecule has 0 saturated heterocycles. The molecule has 29 heavy (non-hydrogen) atoms. The van der Waals surface area contributed by atoms with Crippen LogP contribution in [0, 0.1) is 0 Å². The van der Waals surface area contributed by atoms with E-state index < -0.39 is 29.3 Å². The molecular weight excluding hydrogens is 411 g/mol. The number of rotatable bonds is 4. The number of alkyl halides is 3. The number of carbonyl (C=O) groups is 2. The predicted octanol–water partition coefficient (Wildman–Crippen LogP) is 4.58. The van der Waals surface area contributed by atoms with Crippen molar-refractivity contribution in [3.8, 4) is 5.69 Å². The first-order valence-electron chi connectivity index (χ1n) is 8.11. The van der Waals surface area contributed by atoms with Crippen LogP contribution in [0.2, 0.25) is 5.02 Å². The number of esters is 1. The fourth-order valence-corrected chi connectivity index (χ4v) is 2.78. The summed E-state index contributed by atoms with van der Waals surface area (Å²) in [5.41, 5.74) is -1.40. The number of benzene rings is 2. The van der Waals surface area contributed by atoms with E-state index in [0.29, 0.717) is 4.68 Å². The molecule has 6 nitrogen and oxygen atoms in total. The van der Waals surface area contributed by atoms with Gasteiger partial charge in [-0.15, -0.1) is 0 Å². The second kappa shape index (κ2) is 7.96. The van der Waals surface area contributed by atoms with E-state index in [4.69, 9.17) is 11.6 Å². The van der Waals surface area contributed by atoms with Crippen LogP contribution in [0.4, 0.5) is 18.9 Å². The van der Waals surface area contributed by atoms with Crippen molar-refractivity contribution in [3.05, 3.63) is 76.6 Å². The molecule has 0 aliphatic rings. The van der Waals surface area contributed by atoms with Gasteiger partial charge >= 0.3 is 12.1 Å². The van der Waals surface area contributed by atoms with E-state index in [1.165, 1.54) is 55.6 Å². The predicted molar refractivity (Wildman–Crippen MR) is 99.3 cm³/mol. The van der Waals surface area contributed by atoms with E-state index >= 15 is 0 Å². The van der Waals surface area contributed by atoms with Crippen molar-refractivity contribution in [2.45, 2.75) is 6.18 Å². The first-order chi connectivity index (χ1) is 13.7. The number of nitrogens with one attached hydrogen (secondary N) is 1. The van der Waals surface area contributed by atoms with Crippen molar-refractivity contribution in [2.24, 2.45) is 0 Å². The lowest BCUT2D eigenvalue weighted by molar-refractivity contribution is -0.143. The van der Waals surface area contributed by atoms with Crippen molar-refractivity contribution in [1.29, 1.82) is 0 Å². The number of halogens is 4. The summed E-state index contributed by atoms with van der Waals surface area (Å²) in [6.07, 6.45) is -4.01. The highest BCUT2D eigenvalue weighted by molar-refractivity contribution is 6.30. The average molecular weight is 424 g/mol. The molecule has 0 saturated carbocycles. The maximum absolute atomic E-state index is 13.7. The van der Waals surface area contributed by atoms with E-state index in [-0.39, 0.29) is 22.0 Å². The molecule has 0 unspecified atom stereocenters. The largest absolute Gasteiger partial charge is 0.465 e. The summed E-state index contributed by atoms with van der Waals surface area (Å²) in [5, 5.41) is 6.31. The Balaban J connectivity index is 1.94. The number of hydrogen-bond acceptors (Lipinski definition) is 4. The van der Waals surface area contributed by atoms with Crippen molar-refractivity contribution >= 4 is 29.2 Å². The Labute approximate surface area is 167 Å². The van der Waals surface area contributed by atoms with E-state index in [1.807, 2.05) is 0 Å². The standard InChI is InChI=1S/C19H13ClF3N3O3/c1-29-18(28)11-5-7-13(8-6-11)25-17(27)15-10-24-26(16(15)19(21,22)23)14-4-2-3-12(20)9-14/h2-10H,1H3,(H,25,27). The van der Waals surface area contributed by atoms with Crippen LogP contribution >= 0.6 is 11.6 Å². The highest BCUT2D eigenvalue weighted by Crippen LogP contribution is 2.34. The molecule has 0 radical (unpaired) electrons. The molecule has 0 spiro atoms. The highest BCUT2D eigenvalue weighted by atomic mass is 35.5. The first kappa shape index (κ1) is 20.4. The van der Waals surface area contributed by atoms with Gasteiger partial charge in [-0.1, -0.05) is 17.7 Å². The van der Waals surface area contributed by atoms with Crippen LogP contribution < -0.4 is 5.32 Å². The van der Waals surface area contributed by atoms with Crippen molar-refractivity contribution in [2.75, 3.05) is 12.4 Å². The minimum absolute atomic E-state index is 0.0614. The molecule has 0 aliphatic heterocycles. The number of carbonyl (C=O) groups excluding carboxylic acids is 2. The lowest BCUT2D eigenvalue weighted by Gasteiger charge is -2.13. The summed E-state index contributed by atoms with van der Waals surface area (Å²) in [6.45, 7) is 0. The van der Waals surface area contributed by atoms with Crippen LogP contribution in [0.3, 0.4) is 0 Å².